The summed E-state index contributed by atoms with van der Waals surface area (Å²) in [6, 6.07) is 7.31. The van der Waals surface area contributed by atoms with Gasteiger partial charge in [-0.2, -0.15) is 0 Å². The first-order valence-corrected chi connectivity index (χ1v) is 9.13. The van der Waals surface area contributed by atoms with Gasteiger partial charge in [0.25, 0.3) is 5.91 Å². The molecule has 0 saturated carbocycles. The minimum Gasteiger partial charge on any atom is -0.456 e. The highest BCUT2D eigenvalue weighted by molar-refractivity contribution is 8.01. The molecule has 0 radical (unpaired) electrons. The van der Waals surface area contributed by atoms with Gasteiger partial charge in [0, 0.05) is 11.4 Å². The Morgan fingerprint density at radius 2 is 1.96 bits per heavy atom. The third-order valence-electron chi connectivity index (χ3n) is 3.44. The summed E-state index contributed by atoms with van der Waals surface area (Å²) in [6.45, 7) is 1.79. The lowest BCUT2D eigenvalue weighted by Crippen LogP contribution is -2.39. The SMILES string of the molecule is CCCNC(=O)CNC(=O)COC(=O)C[C@@H]1Sc2ccccc2NC1=O. The van der Waals surface area contributed by atoms with Gasteiger partial charge < -0.3 is 20.7 Å². The second-order valence-electron chi connectivity index (χ2n) is 5.58. The third-order valence-corrected chi connectivity index (χ3v) is 4.72. The van der Waals surface area contributed by atoms with Crippen LogP contribution < -0.4 is 16.0 Å². The number of esters is 1. The lowest BCUT2D eigenvalue weighted by Gasteiger charge is -2.23. The van der Waals surface area contributed by atoms with Crippen LogP contribution in [-0.4, -0.2) is 48.6 Å². The van der Waals surface area contributed by atoms with Crippen molar-refractivity contribution in [1.82, 2.24) is 10.6 Å². The Balaban J connectivity index is 1.71. The van der Waals surface area contributed by atoms with E-state index in [1.165, 1.54) is 11.8 Å². The smallest absolute Gasteiger partial charge is 0.307 e. The van der Waals surface area contributed by atoms with Crippen molar-refractivity contribution in [3.05, 3.63) is 24.3 Å². The zero-order valence-electron chi connectivity index (χ0n) is 14.4. The van der Waals surface area contributed by atoms with E-state index >= 15 is 0 Å². The van der Waals surface area contributed by atoms with Gasteiger partial charge in [-0.05, 0) is 18.6 Å². The van der Waals surface area contributed by atoms with Gasteiger partial charge in [-0.15, -0.1) is 11.8 Å². The Bertz CT molecular complexity index is 695. The van der Waals surface area contributed by atoms with E-state index in [9.17, 15) is 19.2 Å². The van der Waals surface area contributed by atoms with Crippen LogP contribution in [0.25, 0.3) is 0 Å². The standard InChI is InChI=1S/C17H21N3O5S/c1-2-7-18-14(21)9-19-15(22)10-25-16(23)8-13-17(24)20-11-5-3-4-6-12(11)26-13/h3-6,13H,2,7-10H2,1H3,(H,18,21)(H,19,22)(H,20,24)/t13-/m0/s1. The Morgan fingerprint density at radius 3 is 2.73 bits per heavy atom. The summed E-state index contributed by atoms with van der Waals surface area (Å²) in [5.74, 6) is -1.80. The molecule has 0 bridgehead atoms. The van der Waals surface area contributed by atoms with E-state index in [0.717, 1.165) is 11.3 Å². The van der Waals surface area contributed by atoms with E-state index in [1.54, 1.807) is 6.07 Å². The molecule has 0 saturated heterocycles. The quantitative estimate of drug-likeness (QED) is 0.572. The molecule has 9 heteroatoms. The van der Waals surface area contributed by atoms with Crippen LogP contribution in [0.5, 0.6) is 0 Å². The Kier molecular flexibility index (Phi) is 7.46. The van der Waals surface area contributed by atoms with Gasteiger partial charge in [-0.1, -0.05) is 19.1 Å². The number of ether oxygens (including phenoxy) is 1. The van der Waals surface area contributed by atoms with Crippen molar-refractivity contribution in [2.24, 2.45) is 0 Å². The lowest BCUT2D eigenvalue weighted by atomic mass is 10.2. The van der Waals surface area contributed by atoms with Crippen LogP contribution in [0.15, 0.2) is 29.2 Å². The summed E-state index contributed by atoms with van der Waals surface area (Å²) < 4.78 is 4.88. The number of anilines is 1. The van der Waals surface area contributed by atoms with Crippen LogP contribution in [0.3, 0.4) is 0 Å². The van der Waals surface area contributed by atoms with Gasteiger partial charge in [-0.25, -0.2) is 0 Å². The highest BCUT2D eigenvalue weighted by atomic mass is 32.2. The second-order valence-corrected chi connectivity index (χ2v) is 6.83. The maximum atomic E-state index is 12.0. The molecule has 26 heavy (non-hydrogen) atoms. The maximum Gasteiger partial charge on any atom is 0.307 e. The van der Waals surface area contributed by atoms with Crippen LogP contribution in [-0.2, 0) is 23.9 Å². The largest absolute Gasteiger partial charge is 0.456 e. The van der Waals surface area contributed by atoms with Crippen molar-refractivity contribution >= 4 is 41.1 Å². The number of thioether (sulfide) groups is 1. The topological polar surface area (TPSA) is 114 Å². The van der Waals surface area contributed by atoms with Crippen LogP contribution >= 0.6 is 11.8 Å². The van der Waals surface area contributed by atoms with Crippen LogP contribution in [0.1, 0.15) is 19.8 Å². The molecule has 1 heterocycles. The first-order chi connectivity index (χ1) is 12.5. The van der Waals surface area contributed by atoms with Crippen molar-refractivity contribution in [3.63, 3.8) is 0 Å². The van der Waals surface area contributed by atoms with E-state index in [2.05, 4.69) is 16.0 Å². The molecule has 1 aliphatic heterocycles. The van der Waals surface area contributed by atoms with E-state index in [4.69, 9.17) is 4.74 Å². The number of benzene rings is 1. The summed E-state index contributed by atoms with van der Waals surface area (Å²) in [6.07, 6.45) is 0.656. The number of hydrogen-bond acceptors (Lipinski definition) is 6. The second kappa shape index (κ2) is 9.81. The Hall–Kier alpha value is -2.55. The fraction of sp³-hybridized carbons (Fsp3) is 0.412. The molecule has 0 spiro atoms. The summed E-state index contributed by atoms with van der Waals surface area (Å²) in [7, 11) is 0. The van der Waals surface area contributed by atoms with Gasteiger partial charge in [-0.3, -0.25) is 19.2 Å². The summed E-state index contributed by atoms with van der Waals surface area (Å²) in [5, 5.41) is 7.10. The first kappa shape index (κ1) is 19.8. The van der Waals surface area contributed by atoms with Crippen LogP contribution in [0.4, 0.5) is 5.69 Å². The normalized spacial score (nSPS) is 15.4. The summed E-state index contributed by atoms with van der Waals surface area (Å²) in [4.78, 5) is 47.7. The molecular weight excluding hydrogens is 358 g/mol. The van der Waals surface area contributed by atoms with Gasteiger partial charge in [0.1, 0.15) is 0 Å². The number of nitrogens with one attached hydrogen (secondary N) is 3. The van der Waals surface area contributed by atoms with Crippen LogP contribution in [0.2, 0.25) is 0 Å². The summed E-state index contributed by atoms with van der Waals surface area (Å²) >= 11 is 1.28. The average Bonchev–Trinajstić information content (AvgIpc) is 2.63. The average molecular weight is 379 g/mol. The highest BCUT2D eigenvalue weighted by Crippen LogP contribution is 2.36. The van der Waals surface area contributed by atoms with Gasteiger partial charge >= 0.3 is 5.97 Å². The van der Waals surface area contributed by atoms with E-state index in [-0.39, 0.29) is 24.8 Å². The van der Waals surface area contributed by atoms with Crippen molar-refractivity contribution in [3.8, 4) is 0 Å². The number of carbonyl (C=O) groups is 4. The number of hydrogen-bond donors (Lipinski definition) is 3. The van der Waals surface area contributed by atoms with Crippen molar-refractivity contribution in [1.29, 1.82) is 0 Å². The maximum absolute atomic E-state index is 12.0. The number of carbonyl (C=O) groups excluding carboxylic acids is 4. The van der Waals surface area contributed by atoms with Gasteiger partial charge in [0.05, 0.1) is 23.9 Å². The molecule has 1 aromatic rings. The molecule has 140 valence electrons. The highest BCUT2D eigenvalue weighted by Gasteiger charge is 2.29. The molecule has 1 aliphatic rings. The molecule has 1 atom stereocenters. The number of fused-ring (bicyclic) bond motifs is 1. The molecule has 3 N–H and O–H groups in total. The summed E-state index contributed by atoms with van der Waals surface area (Å²) in [5.41, 5.74) is 0.716. The molecule has 0 aromatic heterocycles. The number of para-hydroxylation sites is 1. The van der Waals surface area contributed by atoms with E-state index in [0.29, 0.717) is 12.2 Å². The van der Waals surface area contributed by atoms with Gasteiger partial charge in [0.15, 0.2) is 6.61 Å². The first-order valence-electron chi connectivity index (χ1n) is 8.25. The predicted molar refractivity (Wildman–Crippen MR) is 96.6 cm³/mol. The van der Waals surface area contributed by atoms with E-state index in [1.807, 2.05) is 25.1 Å². The van der Waals surface area contributed by atoms with Gasteiger partial charge in [0.2, 0.25) is 11.8 Å². The fourth-order valence-corrected chi connectivity index (χ4v) is 3.24. The molecule has 0 unspecified atom stereocenters. The van der Waals surface area contributed by atoms with E-state index < -0.39 is 23.7 Å². The Morgan fingerprint density at radius 1 is 1.19 bits per heavy atom. The minimum atomic E-state index is -0.650. The molecular formula is C17H21N3O5S. The molecule has 0 fully saturated rings. The van der Waals surface area contributed by atoms with Crippen LogP contribution in [0, 0.1) is 0 Å². The fourth-order valence-electron chi connectivity index (χ4n) is 2.14. The predicted octanol–water partition coefficient (Wildman–Crippen LogP) is 0.675. The zero-order chi connectivity index (χ0) is 18.9. The number of rotatable bonds is 8. The lowest BCUT2D eigenvalue weighted by molar-refractivity contribution is -0.149. The molecule has 0 aliphatic carbocycles. The Labute approximate surface area is 155 Å². The van der Waals surface area contributed by atoms with Crippen molar-refractivity contribution < 1.29 is 23.9 Å². The zero-order valence-corrected chi connectivity index (χ0v) is 15.2. The monoisotopic (exact) mass is 379 g/mol. The molecule has 8 nitrogen and oxygen atoms in total. The molecule has 1 aromatic carbocycles. The molecule has 3 amide bonds. The third kappa shape index (κ3) is 6.07. The van der Waals surface area contributed by atoms with Crippen molar-refractivity contribution in [2.75, 3.05) is 25.0 Å². The molecule has 2 rings (SSSR count). The van der Waals surface area contributed by atoms with Crippen molar-refractivity contribution in [2.45, 2.75) is 29.9 Å². The number of amides is 3. The minimum absolute atomic E-state index is 0.144.